The van der Waals surface area contributed by atoms with Gasteiger partial charge in [0.05, 0.1) is 16.8 Å². The van der Waals surface area contributed by atoms with Gasteiger partial charge in [-0.2, -0.15) is 5.10 Å². The molecule has 0 spiro atoms. The molecule has 0 aliphatic carbocycles. The van der Waals surface area contributed by atoms with Gasteiger partial charge in [-0.05, 0) is 17.9 Å². The van der Waals surface area contributed by atoms with E-state index in [-0.39, 0.29) is 11.5 Å². The Morgan fingerprint density at radius 1 is 1.47 bits per heavy atom. The number of aryl methyl sites for hydroxylation is 2. The molecule has 19 heavy (non-hydrogen) atoms. The fourth-order valence-electron chi connectivity index (χ4n) is 1.73. The second-order valence-electron chi connectivity index (χ2n) is 3.94. The Bertz CT molecular complexity index is 630. The zero-order valence-electron chi connectivity index (χ0n) is 10.5. The Labute approximate surface area is 113 Å². The summed E-state index contributed by atoms with van der Waals surface area (Å²) in [4.78, 5) is 23.1. The molecule has 0 fully saturated rings. The number of thiophene rings is 1. The van der Waals surface area contributed by atoms with Crippen LogP contribution in [-0.2, 0) is 13.5 Å². The molecular weight excluding hydrogens is 266 g/mol. The Morgan fingerprint density at radius 2 is 2.21 bits per heavy atom. The third-order valence-corrected chi connectivity index (χ3v) is 3.44. The molecule has 2 rings (SSSR count). The number of amides is 1. The van der Waals surface area contributed by atoms with Crippen molar-refractivity contribution in [3.05, 3.63) is 34.5 Å². The first-order chi connectivity index (χ1) is 9.02. The van der Waals surface area contributed by atoms with Crippen LogP contribution in [0.5, 0.6) is 0 Å². The third kappa shape index (κ3) is 2.65. The normalized spacial score (nSPS) is 10.4. The van der Waals surface area contributed by atoms with Crippen LogP contribution >= 0.6 is 11.3 Å². The van der Waals surface area contributed by atoms with Crippen LogP contribution in [0, 0.1) is 0 Å². The molecule has 0 bridgehead atoms. The summed E-state index contributed by atoms with van der Waals surface area (Å²) in [6.07, 6.45) is 2.27. The standard InChI is InChI=1S/C12H13N3O3S/c1-3-9-8(6-15(2)14-9)10(16)13-11-7(12(17)18)4-5-19-11/h4-6H,3H2,1-2H3,(H,13,16)(H,17,18). The number of aromatic carboxylic acids is 1. The van der Waals surface area contributed by atoms with Crippen molar-refractivity contribution in [3.63, 3.8) is 0 Å². The Kier molecular flexibility index (Phi) is 3.66. The SMILES string of the molecule is CCc1nn(C)cc1C(=O)Nc1sccc1C(=O)O. The number of carbonyl (C=O) groups is 2. The van der Waals surface area contributed by atoms with Crippen LogP contribution in [0.4, 0.5) is 5.00 Å². The zero-order valence-corrected chi connectivity index (χ0v) is 11.3. The van der Waals surface area contributed by atoms with E-state index in [0.29, 0.717) is 22.7 Å². The number of rotatable bonds is 4. The van der Waals surface area contributed by atoms with E-state index < -0.39 is 5.97 Å². The fourth-order valence-corrected chi connectivity index (χ4v) is 2.50. The first-order valence-corrected chi connectivity index (χ1v) is 6.55. The van der Waals surface area contributed by atoms with Gasteiger partial charge in [0.25, 0.3) is 5.91 Å². The third-order valence-electron chi connectivity index (χ3n) is 2.61. The largest absolute Gasteiger partial charge is 0.478 e. The lowest BCUT2D eigenvalue weighted by molar-refractivity contribution is 0.0698. The lowest BCUT2D eigenvalue weighted by Crippen LogP contribution is -2.14. The highest BCUT2D eigenvalue weighted by molar-refractivity contribution is 7.14. The van der Waals surface area contributed by atoms with Crippen molar-refractivity contribution in [2.45, 2.75) is 13.3 Å². The topological polar surface area (TPSA) is 84.2 Å². The molecule has 7 heteroatoms. The molecule has 100 valence electrons. The molecule has 0 atom stereocenters. The number of carbonyl (C=O) groups excluding carboxylic acids is 1. The van der Waals surface area contributed by atoms with E-state index in [9.17, 15) is 9.59 Å². The molecule has 0 aliphatic rings. The number of nitrogens with zero attached hydrogens (tertiary/aromatic N) is 2. The van der Waals surface area contributed by atoms with Crippen molar-refractivity contribution in [3.8, 4) is 0 Å². The maximum atomic E-state index is 12.1. The second-order valence-corrected chi connectivity index (χ2v) is 4.86. The number of aromatic nitrogens is 2. The molecule has 2 aromatic rings. The van der Waals surface area contributed by atoms with Crippen molar-refractivity contribution in [1.82, 2.24) is 9.78 Å². The first-order valence-electron chi connectivity index (χ1n) is 5.67. The number of hydrogen-bond acceptors (Lipinski definition) is 4. The quantitative estimate of drug-likeness (QED) is 0.896. The van der Waals surface area contributed by atoms with Gasteiger partial charge in [-0.15, -0.1) is 11.3 Å². The average Bonchev–Trinajstić information content (AvgIpc) is 2.95. The monoisotopic (exact) mass is 279 g/mol. The summed E-state index contributed by atoms with van der Waals surface area (Å²) in [6.45, 7) is 1.91. The minimum Gasteiger partial charge on any atom is -0.478 e. The maximum absolute atomic E-state index is 12.1. The van der Waals surface area contributed by atoms with Crippen LogP contribution < -0.4 is 5.32 Å². The summed E-state index contributed by atoms with van der Waals surface area (Å²) >= 11 is 1.18. The molecule has 0 saturated heterocycles. The number of carboxylic acids is 1. The second kappa shape index (κ2) is 5.23. The van der Waals surface area contributed by atoms with Crippen LogP contribution in [0.1, 0.15) is 33.3 Å². The lowest BCUT2D eigenvalue weighted by Gasteiger charge is -2.03. The van der Waals surface area contributed by atoms with Crippen molar-refractivity contribution in [2.75, 3.05) is 5.32 Å². The molecule has 0 unspecified atom stereocenters. The van der Waals surface area contributed by atoms with E-state index in [2.05, 4.69) is 10.4 Å². The Hall–Kier alpha value is -2.15. The van der Waals surface area contributed by atoms with Gasteiger partial charge in [0.15, 0.2) is 0 Å². The predicted molar refractivity (Wildman–Crippen MR) is 71.8 cm³/mol. The fraction of sp³-hybridized carbons (Fsp3) is 0.250. The van der Waals surface area contributed by atoms with Crippen molar-refractivity contribution >= 4 is 28.2 Å². The van der Waals surface area contributed by atoms with Crippen LogP contribution in [0.25, 0.3) is 0 Å². The number of hydrogen-bond donors (Lipinski definition) is 2. The van der Waals surface area contributed by atoms with E-state index in [0.717, 1.165) is 0 Å². The predicted octanol–water partition coefficient (Wildman–Crippen LogP) is 1.99. The van der Waals surface area contributed by atoms with E-state index >= 15 is 0 Å². The van der Waals surface area contributed by atoms with Crippen molar-refractivity contribution in [2.24, 2.45) is 7.05 Å². The maximum Gasteiger partial charge on any atom is 0.338 e. The molecule has 2 heterocycles. The van der Waals surface area contributed by atoms with Gasteiger partial charge in [0.2, 0.25) is 0 Å². The van der Waals surface area contributed by atoms with Crippen molar-refractivity contribution in [1.29, 1.82) is 0 Å². The summed E-state index contributed by atoms with van der Waals surface area (Å²) in [7, 11) is 1.74. The van der Waals surface area contributed by atoms with Gasteiger partial charge in [-0.3, -0.25) is 9.48 Å². The Balaban J connectivity index is 2.25. The highest BCUT2D eigenvalue weighted by Gasteiger charge is 2.18. The van der Waals surface area contributed by atoms with Crippen LogP contribution in [-0.4, -0.2) is 26.8 Å². The zero-order chi connectivity index (χ0) is 14.0. The number of carboxylic acid groups (broad SMARTS) is 1. The summed E-state index contributed by atoms with van der Waals surface area (Å²) in [5.41, 5.74) is 1.25. The van der Waals surface area contributed by atoms with E-state index in [4.69, 9.17) is 5.11 Å². The van der Waals surface area contributed by atoms with E-state index in [1.807, 2.05) is 6.92 Å². The molecule has 0 radical (unpaired) electrons. The van der Waals surface area contributed by atoms with E-state index in [1.54, 1.807) is 23.3 Å². The van der Waals surface area contributed by atoms with Gasteiger partial charge in [-0.1, -0.05) is 6.92 Å². The van der Waals surface area contributed by atoms with Gasteiger partial charge >= 0.3 is 5.97 Å². The molecule has 2 aromatic heterocycles. The lowest BCUT2D eigenvalue weighted by atomic mass is 10.2. The molecule has 0 aliphatic heterocycles. The smallest absolute Gasteiger partial charge is 0.338 e. The summed E-state index contributed by atoms with van der Waals surface area (Å²) in [5, 5.41) is 17.7. The average molecular weight is 279 g/mol. The minimum atomic E-state index is -1.06. The minimum absolute atomic E-state index is 0.0975. The summed E-state index contributed by atoms with van der Waals surface area (Å²) in [6, 6.07) is 1.46. The number of anilines is 1. The van der Waals surface area contributed by atoms with Gasteiger partial charge in [0, 0.05) is 13.2 Å². The van der Waals surface area contributed by atoms with Gasteiger partial charge < -0.3 is 10.4 Å². The molecule has 1 amide bonds. The van der Waals surface area contributed by atoms with Crippen LogP contribution in [0.15, 0.2) is 17.6 Å². The first kappa shape index (κ1) is 13.3. The molecular formula is C12H13N3O3S. The van der Waals surface area contributed by atoms with Crippen molar-refractivity contribution < 1.29 is 14.7 Å². The van der Waals surface area contributed by atoms with Crippen LogP contribution in [0.3, 0.4) is 0 Å². The summed E-state index contributed by atoms with van der Waals surface area (Å²) < 4.78 is 1.57. The van der Waals surface area contributed by atoms with Crippen LogP contribution in [0.2, 0.25) is 0 Å². The highest BCUT2D eigenvalue weighted by atomic mass is 32.1. The number of nitrogens with one attached hydrogen (secondary N) is 1. The molecule has 0 aromatic carbocycles. The molecule has 2 N–H and O–H groups in total. The summed E-state index contributed by atoms with van der Waals surface area (Å²) in [5.74, 6) is -1.40. The Morgan fingerprint density at radius 3 is 2.84 bits per heavy atom. The van der Waals surface area contributed by atoms with Gasteiger partial charge in [-0.25, -0.2) is 4.79 Å². The molecule has 6 nitrogen and oxygen atoms in total. The molecule has 0 saturated carbocycles. The highest BCUT2D eigenvalue weighted by Crippen LogP contribution is 2.24. The van der Waals surface area contributed by atoms with Gasteiger partial charge in [0.1, 0.15) is 5.00 Å². The van der Waals surface area contributed by atoms with E-state index in [1.165, 1.54) is 17.4 Å².